The second-order valence-electron chi connectivity index (χ2n) is 3.94. The van der Waals surface area contributed by atoms with Gasteiger partial charge in [-0.3, -0.25) is 0 Å². The minimum absolute atomic E-state index is 0.418. The van der Waals surface area contributed by atoms with Gasteiger partial charge in [0.2, 0.25) is 0 Å². The third-order valence-corrected chi connectivity index (χ3v) is 2.74. The number of benzene rings is 1. The number of para-hydroxylation sites is 1. The average molecular weight is 204 g/mol. The van der Waals surface area contributed by atoms with Crippen LogP contribution in [0.15, 0.2) is 23.8 Å². The Kier molecular flexibility index (Phi) is 2.67. The molecule has 0 amide bonds. The van der Waals surface area contributed by atoms with Crippen molar-refractivity contribution in [1.29, 1.82) is 0 Å². The molecule has 1 heterocycles. The minimum Gasteiger partial charge on any atom is -0.507 e. The smallest absolute Gasteiger partial charge is 0.133 e. The summed E-state index contributed by atoms with van der Waals surface area (Å²) >= 11 is 0. The van der Waals surface area contributed by atoms with Crippen LogP contribution in [0.1, 0.15) is 30.9 Å². The molecular formula is C13H16O2. The van der Waals surface area contributed by atoms with Crippen LogP contribution < -0.4 is 4.74 Å². The topological polar surface area (TPSA) is 29.5 Å². The van der Waals surface area contributed by atoms with Crippen molar-refractivity contribution in [2.45, 2.75) is 26.7 Å². The molecule has 0 aromatic heterocycles. The van der Waals surface area contributed by atoms with Gasteiger partial charge in [-0.15, -0.1) is 0 Å². The molecule has 0 unspecified atom stereocenters. The van der Waals surface area contributed by atoms with Crippen molar-refractivity contribution in [3.63, 3.8) is 0 Å². The van der Waals surface area contributed by atoms with Gasteiger partial charge in [0, 0.05) is 5.57 Å². The third-order valence-electron chi connectivity index (χ3n) is 2.74. The van der Waals surface area contributed by atoms with Crippen molar-refractivity contribution in [2.75, 3.05) is 6.61 Å². The van der Waals surface area contributed by atoms with Gasteiger partial charge in [-0.25, -0.2) is 0 Å². The van der Waals surface area contributed by atoms with Gasteiger partial charge >= 0.3 is 0 Å². The van der Waals surface area contributed by atoms with Crippen molar-refractivity contribution in [1.82, 2.24) is 0 Å². The Morgan fingerprint density at radius 3 is 2.93 bits per heavy atom. The third kappa shape index (κ3) is 1.72. The van der Waals surface area contributed by atoms with E-state index in [9.17, 15) is 5.11 Å². The van der Waals surface area contributed by atoms with Crippen LogP contribution in [-0.2, 0) is 0 Å². The maximum Gasteiger partial charge on any atom is 0.133 e. The molecule has 0 bridgehead atoms. The molecule has 2 nitrogen and oxygen atoms in total. The Balaban J connectivity index is 2.47. The summed E-state index contributed by atoms with van der Waals surface area (Å²) < 4.78 is 5.67. The Hall–Kier alpha value is -1.44. The summed E-state index contributed by atoms with van der Waals surface area (Å²) in [7, 11) is 0. The van der Waals surface area contributed by atoms with Gasteiger partial charge in [-0.05, 0) is 25.0 Å². The molecule has 0 saturated heterocycles. The summed E-state index contributed by atoms with van der Waals surface area (Å²) in [5.74, 6) is 1.25. The lowest BCUT2D eigenvalue weighted by atomic mass is 10.00. The Morgan fingerprint density at radius 1 is 1.40 bits per heavy atom. The molecule has 1 aromatic carbocycles. The first-order valence-corrected chi connectivity index (χ1v) is 5.37. The predicted octanol–water partition coefficient (Wildman–Crippen LogP) is 3.46. The number of hydrogen-bond acceptors (Lipinski definition) is 2. The SMILES string of the molecule is CCCC1=C(O)c2cccc(C)c2OC1. The van der Waals surface area contributed by atoms with Crippen LogP contribution in [0, 0.1) is 6.92 Å². The highest BCUT2D eigenvalue weighted by molar-refractivity contribution is 5.70. The van der Waals surface area contributed by atoms with Crippen LogP contribution >= 0.6 is 0 Å². The van der Waals surface area contributed by atoms with E-state index in [1.54, 1.807) is 0 Å². The summed E-state index contributed by atoms with van der Waals surface area (Å²) in [6.07, 6.45) is 1.93. The van der Waals surface area contributed by atoms with Crippen molar-refractivity contribution in [2.24, 2.45) is 0 Å². The summed E-state index contributed by atoms with van der Waals surface area (Å²) in [6, 6.07) is 5.85. The summed E-state index contributed by atoms with van der Waals surface area (Å²) in [6.45, 7) is 4.63. The minimum atomic E-state index is 0.418. The molecule has 1 aliphatic heterocycles. The summed E-state index contributed by atoms with van der Waals surface area (Å²) in [5, 5.41) is 10.1. The molecule has 1 aliphatic rings. The second-order valence-corrected chi connectivity index (χ2v) is 3.94. The van der Waals surface area contributed by atoms with Gasteiger partial charge in [0.15, 0.2) is 0 Å². The number of aliphatic hydroxyl groups is 1. The van der Waals surface area contributed by atoms with Gasteiger partial charge in [-0.1, -0.05) is 25.5 Å². The number of aryl methyl sites for hydroxylation is 1. The molecule has 80 valence electrons. The molecule has 0 spiro atoms. The highest BCUT2D eigenvalue weighted by atomic mass is 16.5. The first-order valence-electron chi connectivity index (χ1n) is 5.37. The fourth-order valence-corrected chi connectivity index (χ4v) is 1.94. The number of aliphatic hydroxyl groups excluding tert-OH is 1. The van der Waals surface area contributed by atoms with Crippen LogP contribution in [0.2, 0.25) is 0 Å². The molecule has 2 heteroatoms. The van der Waals surface area contributed by atoms with Crippen LogP contribution in [0.25, 0.3) is 5.76 Å². The largest absolute Gasteiger partial charge is 0.507 e. The number of ether oxygens (including phenoxy) is 1. The Morgan fingerprint density at radius 2 is 2.20 bits per heavy atom. The highest BCUT2D eigenvalue weighted by Gasteiger charge is 2.19. The van der Waals surface area contributed by atoms with E-state index in [4.69, 9.17) is 4.74 Å². The summed E-state index contributed by atoms with van der Waals surface area (Å²) in [5.41, 5.74) is 2.93. The number of hydrogen-bond donors (Lipinski definition) is 1. The van der Waals surface area contributed by atoms with Crippen molar-refractivity contribution < 1.29 is 9.84 Å². The van der Waals surface area contributed by atoms with Crippen molar-refractivity contribution in [3.05, 3.63) is 34.9 Å². The molecule has 0 radical (unpaired) electrons. The monoisotopic (exact) mass is 204 g/mol. The van der Waals surface area contributed by atoms with E-state index in [0.29, 0.717) is 12.4 Å². The molecule has 0 atom stereocenters. The number of fused-ring (bicyclic) bond motifs is 1. The maximum atomic E-state index is 10.1. The molecular weight excluding hydrogens is 188 g/mol. The van der Waals surface area contributed by atoms with Gasteiger partial charge in [0.05, 0.1) is 5.56 Å². The van der Waals surface area contributed by atoms with Crippen LogP contribution in [0.3, 0.4) is 0 Å². The molecule has 1 aromatic rings. The van der Waals surface area contributed by atoms with Gasteiger partial charge < -0.3 is 9.84 Å². The zero-order valence-electron chi connectivity index (χ0n) is 9.21. The second kappa shape index (κ2) is 3.97. The van der Waals surface area contributed by atoms with Crippen LogP contribution in [0.5, 0.6) is 5.75 Å². The van der Waals surface area contributed by atoms with Crippen LogP contribution in [-0.4, -0.2) is 11.7 Å². The van der Waals surface area contributed by atoms with E-state index >= 15 is 0 Å². The Labute approximate surface area is 90.2 Å². The standard InChI is InChI=1S/C13H16O2/c1-3-5-10-8-15-13-9(2)6-4-7-11(13)12(10)14/h4,6-7,14H,3,5,8H2,1-2H3. The molecule has 0 aliphatic carbocycles. The van der Waals surface area contributed by atoms with Crippen molar-refractivity contribution >= 4 is 5.76 Å². The maximum absolute atomic E-state index is 10.1. The van der Waals surface area contributed by atoms with Gasteiger partial charge in [0.1, 0.15) is 18.1 Å². The molecule has 15 heavy (non-hydrogen) atoms. The first-order chi connectivity index (χ1) is 7.24. The fourth-order valence-electron chi connectivity index (χ4n) is 1.94. The zero-order chi connectivity index (χ0) is 10.8. The van der Waals surface area contributed by atoms with Crippen LogP contribution in [0.4, 0.5) is 0 Å². The quantitative estimate of drug-likeness (QED) is 0.799. The Bertz CT molecular complexity index is 405. The number of rotatable bonds is 2. The van der Waals surface area contributed by atoms with E-state index in [1.165, 1.54) is 0 Å². The first kappa shape index (κ1) is 10.1. The van der Waals surface area contributed by atoms with Gasteiger partial charge in [0.25, 0.3) is 0 Å². The van der Waals surface area contributed by atoms with E-state index < -0.39 is 0 Å². The molecule has 2 rings (SSSR count). The lowest BCUT2D eigenvalue weighted by molar-refractivity contribution is 0.325. The molecule has 0 fully saturated rings. The molecule has 0 saturated carbocycles. The van der Waals surface area contributed by atoms with E-state index in [1.807, 2.05) is 25.1 Å². The average Bonchev–Trinajstić information content (AvgIpc) is 2.23. The van der Waals surface area contributed by atoms with E-state index in [2.05, 4.69) is 6.92 Å². The van der Waals surface area contributed by atoms with E-state index in [-0.39, 0.29) is 0 Å². The lowest BCUT2D eigenvalue weighted by Gasteiger charge is -2.21. The molecule has 1 N–H and O–H groups in total. The fraction of sp³-hybridized carbons (Fsp3) is 0.385. The normalized spacial score (nSPS) is 14.8. The lowest BCUT2D eigenvalue weighted by Crippen LogP contribution is -2.12. The van der Waals surface area contributed by atoms with Crippen molar-refractivity contribution in [3.8, 4) is 5.75 Å². The predicted molar refractivity (Wildman–Crippen MR) is 61.1 cm³/mol. The summed E-state index contributed by atoms with van der Waals surface area (Å²) in [4.78, 5) is 0. The highest BCUT2D eigenvalue weighted by Crippen LogP contribution is 2.35. The van der Waals surface area contributed by atoms with E-state index in [0.717, 1.165) is 35.3 Å². The van der Waals surface area contributed by atoms with Gasteiger partial charge in [-0.2, -0.15) is 0 Å². The zero-order valence-corrected chi connectivity index (χ0v) is 9.21.